The van der Waals surface area contributed by atoms with E-state index in [0.29, 0.717) is 36.9 Å². The van der Waals surface area contributed by atoms with Gasteiger partial charge in [-0.2, -0.15) is 0 Å². The van der Waals surface area contributed by atoms with Crippen molar-refractivity contribution < 1.29 is 62.5 Å². The Kier molecular flexibility index (Phi) is 18.0. The molecule has 0 spiro atoms. The quantitative estimate of drug-likeness (QED) is 0.0381. The number of ketones is 2. The van der Waals surface area contributed by atoms with Gasteiger partial charge in [-0.05, 0) is 80.2 Å². The van der Waals surface area contributed by atoms with Crippen molar-refractivity contribution in [1.82, 2.24) is 26.6 Å². The number of carbonyl (C=O) groups excluding carboxylic acids is 9. The summed E-state index contributed by atoms with van der Waals surface area (Å²) in [6.07, 6.45) is 4.96. The summed E-state index contributed by atoms with van der Waals surface area (Å²) in [5.74, 6) is -4.47. The van der Waals surface area contributed by atoms with Crippen LogP contribution in [0.1, 0.15) is 78.2 Å². The van der Waals surface area contributed by atoms with Gasteiger partial charge < -0.3 is 57.0 Å². The number of rotatable bonds is 21. The van der Waals surface area contributed by atoms with E-state index in [1.54, 1.807) is 43.3 Å². The summed E-state index contributed by atoms with van der Waals surface area (Å²) in [5, 5.41) is 26.9. The van der Waals surface area contributed by atoms with E-state index in [1.807, 2.05) is 20.8 Å². The second kappa shape index (κ2) is 22.8. The zero-order valence-electron chi connectivity index (χ0n) is 38.5. The molecule has 0 aromatic heterocycles. The van der Waals surface area contributed by atoms with Crippen LogP contribution in [0.25, 0.3) is 0 Å². The van der Waals surface area contributed by atoms with Crippen molar-refractivity contribution in [3.63, 3.8) is 0 Å². The third-order valence-electron chi connectivity index (χ3n) is 13.9. The van der Waals surface area contributed by atoms with Gasteiger partial charge in [0.2, 0.25) is 29.4 Å². The van der Waals surface area contributed by atoms with Gasteiger partial charge in [0.25, 0.3) is 0 Å². The number of nitrogens with two attached hydrogens (primary N) is 1. The molecule has 22 heteroatoms. The van der Waals surface area contributed by atoms with Crippen molar-refractivity contribution >= 4 is 86.5 Å². The first-order valence-corrected chi connectivity index (χ1v) is 24.0. The van der Waals surface area contributed by atoms with Gasteiger partial charge in [-0.25, -0.2) is 9.59 Å². The molecule has 9 N–H and O–H groups in total. The Labute approximate surface area is 407 Å². The number of fused-ring (bicyclic) bond motifs is 5. The number of benzene rings is 1. The topological polar surface area (TPSA) is 300 Å². The molecule has 372 valence electrons. The molecule has 0 aliphatic heterocycles. The highest BCUT2D eigenvalue weighted by molar-refractivity contribution is 9.09. The maximum atomic E-state index is 14.4. The number of nitrogens with one attached hydrogen (secondary N) is 6. The number of esters is 1. The van der Waals surface area contributed by atoms with Gasteiger partial charge in [0.05, 0.1) is 22.9 Å². The van der Waals surface area contributed by atoms with Crippen LogP contribution in [0.15, 0.2) is 48.1 Å². The van der Waals surface area contributed by atoms with Gasteiger partial charge in [-0.15, -0.1) is 11.6 Å². The predicted octanol–water partition coefficient (Wildman–Crippen LogP) is 2.53. The maximum Gasteiger partial charge on any atom is 0.407 e. The highest BCUT2D eigenvalue weighted by Gasteiger charge is 2.76. The number of amides is 7. The van der Waals surface area contributed by atoms with Crippen molar-refractivity contribution in [1.29, 1.82) is 0 Å². The molecular formula is C46H61BrClN7O13. The molecule has 5 rings (SSSR count). The van der Waals surface area contributed by atoms with E-state index in [2.05, 4.69) is 47.8 Å². The van der Waals surface area contributed by atoms with E-state index in [4.69, 9.17) is 31.5 Å². The first-order chi connectivity index (χ1) is 32.1. The molecule has 3 fully saturated rings. The lowest BCUT2D eigenvalue weighted by Gasteiger charge is -2.64. The molecule has 68 heavy (non-hydrogen) atoms. The van der Waals surface area contributed by atoms with E-state index in [9.17, 15) is 48.3 Å². The Bertz CT molecular complexity index is 2190. The number of urea groups is 1. The molecule has 0 bridgehead atoms. The molecule has 0 saturated heterocycles. The lowest BCUT2D eigenvalue weighted by Crippen LogP contribution is -2.69. The molecule has 3 saturated carbocycles. The number of aliphatic hydroxyl groups is 1. The summed E-state index contributed by atoms with van der Waals surface area (Å²) < 4.78 is 17.0. The number of hydrogen-bond donors (Lipinski definition) is 8. The van der Waals surface area contributed by atoms with Crippen molar-refractivity contribution in [3.8, 4) is 0 Å². The number of Topliss-reactive ketones (excluding diaryl/α,β-unsaturated/α-hetero) is 1. The first-order valence-electron chi connectivity index (χ1n) is 22.5. The van der Waals surface area contributed by atoms with Crippen LogP contribution in [0, 0.1) is 28.6 Å². The Morgan fingerprint density at radius 1 is 0.971 bits per heavy atom. The second-order valence-corrected chi connectivity index (χ2v) is 19.2. The van der Waals surface area contributed by atoms with Gasteiger partial charge in [0.1, 0.15) is 32.5 Å². The second-order valence-electron chi connectivity index (χ2n) is 18.1. The van der Waals surface area contributed by atoms with Crippen molar-refractivity contribution in [2.75, 3.05) is 43.6 Å². The molecule has 7 amide bonds. The zero-order chi connectivity index (χ0) is 50.0. The number of primary amides is 1. The Morgan fingerprint density at radius 3 is 2.35 bits per heavy atom. The minimum absolute atomic E-state index is 0.00492. The van der Waals surface area contributed by atoms with E-state index in [1.165, 1.54) is 6.08 Å². The molecule has 9 atom stereocenters. The number of alkyl halides is 2. The summed E-state index contributed by atoms with van der Waals surface area (Å²) in [5.41, 5.74) is 3.32. The van der Waals surface area contributed by atoms with E-state index >= 15 is 0 Å². The normalized spacial score (nSPS) is 28.2. The van der Waals surface area contributed by atoms with E-state index in [0.717, 1.165) is 5.57 Å². The highest BCUT2D eigenvalue weighted by Crippen LogP contribution is 2.72. The third-order valence-corrected chi connectivity index (χ3v) is 15.4. The first kappa shape index (κ1) is 53.6. The number of alkyl carbamates (subject to hydrolysis) is 1. The van der Waals surface area contributed by atoms with Crippen LogP contribution >= 0.6 is 27.5 Å². The van der Waals surface area contributed by atoms with Gasteiger partial charge in [0, 0.05) is 35.4 Å². The van der Waals surface area contributed by atoms with Crippen LogP contribution in [0.3, 0.4) is 0 Å². The standard InChI is InChI=1S/C46H61BrClN7O13/c1-5-39(62)68-46(26(2)17-32-31-13-10-28-18-30(56)14-15-43(28,3)45(31,48)34(57)19-44(32,46)4)35(58)24-66-25-53-37(60)21-52-42(65)67-23-27-8-11-29(12-9-27)54-40(63)33(7-6-16-50-41(49)64)55-38(61)22-51-36(59)20-47/h8-9,11-12,14-15,18,26,31-34,57H,5-7,10,13,16-17,19-25H2,1-4H3,(H,51,59)(H,52,65)(H,53,60)(H,54,63)(H,55,61)(H3,49,50,64)/t26-,31-,32?,33-,34-,43-,44-,45-,46-/m0/s1. The Balaban J connectivity index is 1.09. The van der Waals surface area contributed by atoms with E-state index in [-0.39, 0.29) is 61.9 Å². The minimum Gasteiger partial charge on any atom is -0.450 e. The summed E-state index contributed by atoms with van der Waals surface area (Å²) >= 11 is 10.6. The number of ether oxygens (including phenoxy) is 3. The fraction of sp³-hybridized carbons (Fsp3) is 0.587. The summed E-state index contributed by atoms with van der Waals surface area (Å²) in [6, 6.07) is 4.50. The minimum atomic E-state index is -1.67. The predicted molar refractivity (Wildman–Crippen MR) is 250 cm³/mol. The monoisotopic (exact) mass is 1030 g/mol. The van der Waals surface area contributed by atoms with Gasteiger partial charge in [0.15, 0.2) is 11.4 Å². The highest BCUT2D eigenvalue weighted by atomic mass is 79.9. The number of carbonyl (C=O) groups is 9. The molecule has 4 aliphatic carbocycles. The van der Waals surface area contributed by atoms with Crippen molar-refractivity contribution in [2.24, 2.45) is 34.3 Å². The van der Waals surface area contributed by atoms with Crippen LogP contribution in [0.2, 0.25) is 0 Å². The average Bonchev–Trinajstić information content (AvgIpc) is 3.52. The molecular weight excluding hydrogens is 974 g/mol. The number of aliphatic hydroxyl groups excluding tert-OH is 1. The number of anilines is 1. The van der Waals surface area contributed by atoms with Crippen LogP contribution in [0.4, 0.5) is 15.3 Å². The summed E-state index contributed by atoms with van der Waals surface area (Å²) in [4.78, 5) is 112. The maximum absolute atomic E-state index is 14.4. The lowest BCUT2D eigenvalue weighted by molar-refractivity contribution is -0.203. The Morgan fingerprint density at radius 2 is 1.68 bits per heavy atom. The van der Waals surface area contributed by atoms with Crippen molar-refractivity contribution in [3.05, 3.63) is 53.6 Å². The molecule has 1 aromatic carbocycles. The average molecular weight is 1040 g/mol. The molecule has 0 radical (unpaired) electrons. The summed E-state index contributed by atoms with van der Waals surface area (Å²) in [6.45, 7) is 5.46. The summed E-state index contributed by atoms with van der Waals surface area (Å²) in [7, 11) is 0. The van der Waals surface area contributed by atoms with Crippen LogP contribution in [0.5, 0.6) is 0 Å². The fourth-order valence-corrected chi connectivity index (χ4v) is 11.3. The van der Waals surface area contributed by atoms with Gasteiger partial charge >= 0.3 is 18.1 Å². The van der Waals surface area contributed by atoms with Crippen LogP contribution in [-0.4, -0.2) is 119 Å². The molecule has 4 aliphatic rings. The smallest absolute Gasteiger partial charge is 0.407 e. The number of hydrogen-bond acceptors (Lipinski definition) is 13. The van der Waals surface area contributed by atoms with Gasteiger partial charge in [-0.3, -0.25) is 33.6 Å². The molecule has 1 unspecified atom stereocenters. The largest absolute Gasteiger partial charge is 0.450 e. The third kappa shape index (κ3) is 11.5. The zero-order valence-corrected chi connectivity index (χ0v) is 40.8. The molecule has 20 nitrogen and oxygen atoms in total. The van der Waals surface area contributed by atoms with Crippen LogP contribution in [-0.2, 0) is 54.4 Å². The number of halogens is 2. The fourth-order valence-electron chi connectivity index (χ4n) is 10.6. The molecule has 0 heterocycles. The number of allylic oxidation sites excluding steroid dienone is 4. The lowest BCUT2D eigenvalue weighted by atomic mass is 9.45. The van der Waals surface area contributed by atoms with Crippen LogP contribution < -0.4 is 37.6 Å². The molecule has 1 aromatic rings. The van der Waals surface area contributed by atoms with Gasteiger partial charge in [-0.1, -0.05) is 67.4 Å². The Hall–Kier alpha value is -5.38. The van der Waals surface area contributed by atoms with Crippen molar-refractivity contribution in [2.45, 2.75) is 102 Å². The van der Waals surface area contributed by atoms with E-state index < -0.39 is 107 Å². The SMILES string of the molecule is CCC(=O)O[C@]1(C(=O)COCNC(=O)CNC(=O)OCc2ccc(NC(=O)[C@H](CCCNC(N)=O)NC(=O)CNC(=O)CBr)cc2)[C@@H](C)CC2[C@@H]3CCC4=CC(=O)C=C[C@]4(C)[C@@]3(Cl)[C@@H](O)C[C@@]21C.